The molecule has 23 heavy (non-hydrogen) atoms. The molecule has 3 rings (SSSR count). The van der Waals surface area contributed by atoms with Crippen LogP contribution in [0.15, 0.2) is 23.3 Å². The molecule has 2 aromatic rings. The van der Waals surface area contributed by atoms with Gasteiger partial charge in [-0.25, -0.2) is 4.98 Å². The van der Waals surface area contributed by atoms with Gasteiger partial charge in [0.25, 0.3) is 5.56 Å². The Hall–Kier alpha value is -1.99. The highest BCUT2D eigenvalue weighted by molar-refractivity contribution is 5.08. The summed E-state index contributed by atoms with van der Waals surface area (Å²) >= 11 is 0. The number of hydrogen-bond acceptors (Lipinski definition) is 5. The van der Waals surface area contributed by atoms with E-state index in [1.165, 1.54) is 11.6 Å². The summed E-state index contributed by atoms with van der Waals surface area (Å²) in [7, 11) is 0. The first-order valence-corrected chi connectivity index (χ1v) is 8.07. The lowest BCUT2D eigenvalue weighted by Crippen LogP contribution is -2.38. The molecule has 0 aliphatic carbocycles. The van der Waals surface area contributed by atoms with Crippen molar-refractivity contribution in [3.63, 3.8) is 0 Å². The minimum absolute atomic E-state index is 0.130. The van der Waals surface area contributed by atoms with E-state index in [-0.39, 0.29) is 11.7 Å². The van der Waals surface area contributed by atoms with Crippen molar-refractivity contribution in [3.8, 4) is 0 Å². The number of nitrogens with one attached hydrogen (secondary N) is 1. The number of aromatic nitrogens is 4. The maximum absolute atomic E-state index is 11.6. The quantitative estimate of drug-likeness (QED) is 0.898. The Morgan fingerprint density at radius 3 is 3.13 bits per heavy atom. The van der Waals surface area contributed by atoms with Crippen LogP contribution in [0, 0.1) is 6.92 Å². The summed E-state index contributed by atoms with van der Waals surface area (Å²) in [6, 6.07) is 1.53. The average Bonchev–Trinajstić information content (AvgIpc) is 2.94. The van der Waals surface area contributed by atoms with Gasteiger partial charge < -0.3 is 9.72 Å². The van der Waals surface area contributed by atoms with Gasteiger partial charge in [-0.2, -0.15) is 5.10 Å². The second kappa shape index (κ2) is 7.06. The van der Waals surface area contributed by atoms with Gasteiger partial charge in [0, 0.05) is 44.0 Å². The van der Waals surface area contributed by atoms with Gasteiger partial charge >= 0.3 is 0 Å². The van der Waals surface area contributed by atoms with Gasteiger partial charge in [0.05, 0.1) is 18.5 Å². The van der Waals surface area contributed by atoms with Crippen molar-refractivity contribution in [2.75, 3.05) is 19.7 Å². The third kappa shape index (κ3) is 4.05. The summed E-state index contributed by atoms with van der Waals surface area (Å²) in [5.74, 6) is 0.620. The molecule has 1 saturated heterocycles. The van der Waals surface area contributed by atoms with Crippen LogP contribution in [-0.4, -0.2) is 44.3 Å². The van der Waals surface area contributed by atoms with E-state index in [0.29, 0.717) is 18.1 Å². The number of morpholine rings is 1. The van der Waals surface area contributed by atoms with Crippen LogP contribution in [-0.2, 0) is 17.8 Å². The smallest absolute Gasteiger partial charge is 0.251 e. The predicted molar refractivity (Wildman–Crippen MR) is 86.1 cm³/mol. The van der Waals surface area contributed by atoms with Gasteiger partial charge in [-0.1, -0.05) is 6.92 Å². The highest BCUT2D eigenvalue weighted by Gasteiger charge is 2.24. The molecule has 0 radical (unpaired) electrons. The maximum Gasteiger partial charge on any atom is 0.251 e. The zero-order valence-corrected chi connectivity index (χ0v) is 13.7. The van der Waals surface area contributed by atoms with Gasteiger partial charge in [0.2, 0.25) is 0 Å². The van der Waals surface area contributed by atoms with Crippen molar-refractivity contribution in [1.29, 1.82) is 0 Å². The molecule has 1 aliphatic rings. The maximum atomic E-state index is 11.6. The Morgan fingerprint density at radius 2 is 2.35 bits per heavy atom. The topological polar surface area (TPSA) is 76.0 Å². The van der Waals surface area contributed by atoms with Crippen molar-refractivity contribution in [1.82, 2.24) is 24.6 Å². The molecule has 7 heteroatoms. The van der Waals surface area contributed by atoms with E-state index in [1.807, 2.05) is 10.9 Å². The average molecular weight is 317 g/mol. The van der Waals surface area contributed by atoms with E-state index in [2.05, 4.69) is 33.1 Å². The highest BCUT2D eigenvalue weighted by Crippen LogP contribution is 2.21. The van der Waals surface area contributed by atoms with Gasteiger partial charge in [0.15, 0.2) is 0 Å². The zero-order valence-electron chi connectivity index (χ0n) is 13.7. The van der Waals surface area contributed by atoms with E-state index >= 15 is 0 Å². The van der Waals surface area contributed by atoms with Gasteiger partial charge in [-0.15, -0.1) is 0 Å². The van der Waals surface area contributed by atoms with Crippen LogP contribution in [0.5, 0.6) is 0 Å². The Morgan fingerprint density at radius 1 is 1.48 bits per heavy atom. The standard InChI is InChI=1S/C16H23N5O2/c1-3-4-21-10-13(8-17-21)9-20-5-6-23-15(11-20)14-7-16(22)19-12(2)18-14/h7-8,10,15H,3-6,9,11H2,1-2H3,(H,18,19,22). The summed E-state index contributed by atoms with van der Waals surface area (Å²) in [5, 5.41) is 4.37. The highest BCUT2D eigenvalue weighted by atomic mass is 16.5. The predicted octanol–water partition coefficient (Wildman–Crippen LogP) is 1.26. The fraction of sp³-hybridized carbons (Fsp3) is 0.562. The van der Waals surface area contributed by atoms with Crippen molar-refractivity contribution in [2.24, 2.45) is 0 Å². The van der Waals surface area contributed by atoms with Crippen molar-refractivity contribution >= 4 is 0 Å². The van der Waals surface area contributed by atoms with E-state index in [4.69, 9.17) is 4.74 Å². The van der Waals surface area contributed by atoms with Gasteiger partial charge in [-0.3, -0.25) is 14.4 Å². The minimum Gasteiger partial charge on any atom is -0.369 e. The number of ether oxygens (including phenoxy) is 1. The van der Waals surface area contributed by atoms with Crippen LogP contribution in [0.2, 0.25) is 0 Å². The second-order valence-corrected chi connectivity index (χ2v) is 5.96. The van der Waals surface area contributed by atoms with Crippen LogP contribution in [0.1, 0.15) is 36.5 Å². The summed E-state index contributed by atoms with van der Waals surface area (Å²) in [6.45, 7) is 7.96. The lowest BCUT2D eigenvalue weighted by Gasteiger charge is -2.32. The van der Waals surface area contributed by atoms with E-state index in [0.717, 1.165) is 32.6 Å². The fourth-order valence-electron chi connectivity index (χ4n) is 2.89. The van der Waals surface area contributed by atoms with Crippen LogP contribution in [0.25, 0.3) is 0 Å². The molecule has 1 unspecified atom stereocenters. The normalized spacial score (nSPS) is 19.1. The van der Waals surface area contributed by atoms with Crippen LogP contribution in [0.3, 0.4) is 0 Å². The molecule has 7 nitrogen and oxygen atoms in total. The summed E-state index contributed by atoms with van der Waals surface area (Å²) in [6.07, 6.45) is 4.95. The van der Waals surface area contributed by atoms with E-state index in [9.17, 15) is 4.79 Å². The Kier molecular flexibility index (Phi) is 4.88. The lowest BCUT2D eigenvalue weighted by atomic mass is 10.2. The molecule has 0 aromatic carbocycles. The Bertz CT molecular complexity index is 708. The molecule has 0 bridgehead atoms. The monoisotopic (exact) mass is 317 g/mol. The molecule has 1 atom stereocenters. The zero-order chi connectivity index (χ0) is 16.2. The first-order chi connectivity index (χ1) is 11.1. The minimum atomic E-state index is -0.157. The summed E-state index contributed by atoms with van der Waals surface area (Å²) < 4.78 is 7.79. The molecular weight excluding hydrogens is 294 g/mol. The molecule has 1 fully saturated rings. The molecule has 0 saturated carbocycles. The molecule has 2 aromatic heterocycles. The summed E-state index contributed by atoms with van der Waals surface area (Å²) in [4.78, 5) is 21.0. The first-order valence-electron chi connectivity index (χ1n) is 8.07. The van der Waals surface area contributed by atoms with Crippen molar-refractivity contribution in [3.05, 3.63) is 45.9 Å². The van der Waals surface area contributed by atoms with Crippen molar-refractivity contribution in [2.45, 2.75) is 39.5 Å². The number of nitrogens with zero attached hydrogens (tertiary/aromatic N) is 4. The fourth-order valence-corrected chi connectivity index (χ4v) is 2.89. The third-order valence-electron chi connectivity index (χ3n) is 3.91. The number of hydrogen-bond donors (Lipinski definition) is 1. The molecule has 0 spiro atoms. The van der Waals surface area contributed by atoms with Gasteiger partial charge in [-0.05, 0) is 13.3 Å². The molecule has 124 valence electrons. The third-order valence-corrected chi connectivity index (χ3v) is 3.91. The first kappa shape index (κ1) is 15.9. The SMILES string of the molecule is CCCn1cc(CN2CCOC(c3cc(=O)[nH]c(C)n3)C2)cn1. The second-order valence-electron chi connectivity index (χ2n) is 5.96. The largest absolute Gasteiger partial charge is 0.369 e. The van der Waals surface area contributed by atoms with Crippen LogP contribution in [0.4, 0.5) is 0 Å². The van der Waals surface area contributed by atoms with E-state index in [1.54, 1.807) is 6.92 Å². The Labute approximate surface area is 135 Å². The number of rotatable bonds is 5. The molecule has 1 aliphatic heterocycles. The molecular formula is C16H23N5O2. The van der Waals surface area contributed by atoms with E-state index < -0.39 is 0 Å². The number of aromatic amines is 1. The van der Waals surface area contributed by atoms with Crippen molar-refractivity contribution < 1.29 is 4.74 Å². The van der Waals surface area contributed by atoms with Crippen LogP contribution >= 0.6 is 0 Å². The number of aryl methyl sites for hydroxylation is 2. The van der Waals surface area contributed by atoms with Gasteiger partial charge in [0.1, 0.15) is 11.9 Å². The molecule has 1 N–H and O–H groups in total. The molecule has 0 amide bonds. The van der Waals surface area contributed by atoms with Crippen LogP contribution < -0.4 is 5.56 Å². The Balaban J connectivity index is 1.66. The number of H-pyrrole nitrogens is 1. The lowest BCUT2D eigenvalue weighted by molar-refractivity contribution is -0.0351. The summed E-state index contributed by atoms with van der Waals surface area (Å²) in [5.41, 5.74) is 1.78. The molecule has 3 heterocycles.